The molecular formula is C25H24F2N4O4. The van der Waals surface area contributed by atoms with Crippen LogP contribution in [0, 0.1) is 24.0 Å². The molecule has 1 aliphatic heterocycles. The average molecular weight is 482 g/mol. The predicted molar refractivity (Wildman–Crippen MR) is 120 cm³/mol. The lowest BCUT2D eigenvalue weighted by Crippen LogP contribution is -2.79. The van der Waals surface area contributed by atoms with Gasteiger partial charge in [0.15, 0.2) is 17.7 Å². The molecule has 2 bridgehead atoms. The lowest BCUT2D eigenvalue weighted by molar-refractivity contribution is -0.185. The standard InChI is InChI=1S/C25H24F2N4O4/c1-12-2-3-19-13(4-12)18(32)7-20(35-19)22(33)31-25-9-24(10-25,11-25)23(34)28-8-21-29-16-5-14(26)15(27)6-17(16)30-21/h2-6,18,20,32H,7-11H2,1H3,(H,28,34)(H,29,30)(H,31,33)/t18-,20-,24?,25?/m1/s1. The molecule has 0 spiro atoms. The number of aryl methyl sites for hydroxylation is 1. The number of hydrogen-bond donors (Lipinski definition) is 4. The molecule has 0 saturated heterocycles. The summed E-state index contributed by atoms with van der Waals surface area (Å²) in [6, 6.07) is 7.54. The van der Waals surface area contributed by atoms with E-state index in [9.17, 15) is 23.5 Å². The molecule has 3 aromatic rings. The molecule has 2 aromatic carbocycles. The molecule has 0 unspecified atom stereocenters. The zero-order chi connectivity index (χ0) is 24.5. The highest BCUT2D eigenvalue weighted by Gasteiger charge is 2.72. The molecule has 4 aliphatic rings. The Morgan fingerprint density at radius 3 is 2.71 bits per heavy atom. The number of aliphatic hydroxyl groups excluding tert-OH is 1. The third-order valence-corrected chi connectivity index (χ3v) is 7.41. The Labute approximate surface area is 199 Å². The van der Waals surface area contributed by atoms with Gasteiger partial charge in [-0.15, -0.1) is 0 Å². The number of nitrogens with zero attached hydrogens (tertiary/aromatic N) is 1. The highest BCUT2D eigenvalue weighted by atomic mass is 19.2. The maximum absolute atomic E-state index is 13.4. The van der Waals surface area contributed by atoms with Gasteiger partial charge in [-0.05, 0) is 38.3 Å². The Morgan fingerprint density at radius 2 is 1.94 bits per heavy atom. The van der Waals surface area contributed by atoms with Gasteiger partial charge in [-0.2, -0.15) is 0 Å². The lowest BCUT2D eigenvalue weighted by atomic mass is 9.39. The molecule has 8 nitrogen and oxygen atoms in total. The fraction of sp³-hybridized carbons (Fsp3) is 0.400. The van der Waals surface area contributed by atoms with E-state index in [0.717, 1.165) is 17.7 Å². The summed E-state index contributed by atoms with van der Waals surface area (Å²) in [7, 11) is 0. The first-order chi connectivity index (χ1) is 16.7. The van der Waals surface area contributed by atoms with Crippen molar-refractivity contribution in [2.45, 2.75) is 56.9 Å². The molecule has 3 saturated carbocycles. The molecule has 2 amide bonds. The first-order valence-corrected chi connectivity index (χ1v) is 11.5. The van der Waals surface area contributed by atoms with Gasteiger partial charge in [0.1, 0.15) is 11.6 Å². The van der Waals surface area contributed by atoms with Crippen molar-refractivity contribution in [2.24, 2.45) is 5.41 Å². The minimum absolute atomic E-state index is 0.102. The van der Waals surface area contributed by atoms with Gasteiger partial charge >= 0.3 is 0 Å². The number of nitrogens with one attached hydrogen (secondary N) is 3. The molecule has 3 fully saturated rings. The van der Waals surface area contributed by atoms with Gasteiger partial charge in [-0.3, -0.25) is 9.59 Å². The van der Waals surface area contributed by atoms with E-state index in [1.807, 2.05) is 19.1 Å². The van der Waals surface area contributed by atoms with Crippen LogP contribution < -0.4 is 15.4 Å². The Morgan fingerprint density at radius 1 is 1.20 bits per heavy atom. The Balaban J connectivity index is 1.03. The molecule has 4 N–H and O–H groups in total. The predicted octanol–water partition coefficient (Wildman–Crippen LogP) is 2.69. The van der Waals surface area contributed by atoms with Crippen LogP contribution in [0.2, 0.25) is 0 Å². The van der Waals surface area contributed by atoms with Crippen LogP contribution in [0.5, 0.6) is 5.75 Å². The second-order valence-electron chi connectivity index (χ2n) is 10.1. The quantitative estimate of drug-likeness (QED) is 0.446. The van der Waals surface area contributed by atoms with Gasteiger partial charge in [-0.1, -0.05) is 11.6 Å². The van der Waals surface area contributed by atoms with Crippen molar-refractivity contribution in [1.29, 1.82) is 0 Å². The smallest absolute Gasteiger partial charge is 0.261 e. The van der Waals surface area contributed by atoms with Gasteiger partial charge in [0, 0.05) is 29.7 Å². The monoisotopic (exact) mass is 482 g/mol. The van der Waals surface area contributed by atoms with Crippen molar-refractivity contribution in [2.75, 3.05) is 0 Å². The molecule has 182 valence electrons. The largest absolute Gasteiger partial charge is 0.480 e. The number of rotatable bonds is 5. The van der Waals surface area contributed by atoms with E-state index in [2.05, 4.69) is 20.6 Å². The fourth-order valence-electron chi connectivity index (χ4n) is 5.72. The highest BCUT2D eigenvalue weighted by Crippen LogP contribution is 2.67. The van der Waals surface area contributed by atoms with Crippen LogP contribution in [-0.4, -0.2) is 38.5 Å². The Kier molecular flexibility index (Phi) is 4.70. The molecule has 35 heavy (non-hydrogen) atoms. The van der Waals surface area contributed by atoms with E-state index in [4.69, 9.17) is 4.74 Å². The van der Waals surface area contributed by atoms with Gasteiger partial charge in [0.2, 0.25) is 5.91 Å². The second-order valence-corrected chi connectivity index (χ2v) is 10.1. The molecule has 1 aromatic heterocycles. The summed E-state index contributed by atoms with van der Waals surface area (Å²) < 4.78 is 32.6. The van der Waals surface area contributed by atoms with E-state index in [1.54, 1.807) is 6.07 Å². The third kappa shape index (κ3) is 3.54. The summed E-state index contributed by atoms with van der Waals surface area (Å²) in [5.41, 5.74) is 1.38. The van der Waals surface area contributed by atoms with E-state index < -0.39 is 34.8 Å². The van der Waals surface area contributed by atoms with Crippen molar-refractivity contribution in [3.05, 3.63) is 58.9 Å². The molecule has 3 aliphatic carbocycles. The molecule has 2 atom stereocenters. The maximum Gasteiger partial charge on any atom is 0.261 e. The van der Waals surface area contributed by atoms with Gasteiger partial charge in [0.25, 0.3) is 5.91 Å². The Hall–Kier alpha value is -3.53. The Bertz CT molecular complexity index is 1330. The lowest BCUT2D eigenvalue weighted by Gasteiger charge is -2.69. The van der Waals surface area contributed by atoms with Crippen molar-refractivity contribution in [3.8, 4) is 5.75 Å². The van der Waals surface area contributed by atoms with E-state index in [1.165, 1.54) is 0 Å². The van der Waals surface area contributed by atoms with Crippen LogP contribution in [0.15, 0.2) is 30.3 Å². The second kappa shape index (κ2) is 7.48. The number of halogens is 2. The van der Waals surface area contributed by atoms with Crippen molar-refractivity contribution in [3.63, 3.8) is 0 Å². The minimum Gasteiger partial charge on any atom is -0.480 e. The van der Waals surface area contributed by atoms with Crippen LogP contribution in [0.25, 0.3) is 11.0 Å². The number of aromatic nitrogens is 2. The topological polar surface area (TPSA) is 116 Å². The SMILES string of the molecule is Cc1ccc2c(c1)[C@H](O)C[C@H](C(=O)NC13CC(C(=O)NCc4nc5cc(F)c(F)cc5[nH]4)(C1)C3)O2. The summed E-state index contributed by atoms with van der Waals surface area (Å²) in [4.78, 5) is 32.7. The number of hydrogen-bond acceptors (Lipinski definition) is 5. The number of aromatic amines is 1. The molecule has 0 radical (unpaired) electrons. The van der Waals surface area contributed by atoms with Gasteiger partial charge in [0.05, 0.1) is 29.1 Å². The van der Waals surface area contributed by atoms with Crippen LogP contribution >= 0.6 is 0 Å². The van der Waals surface area contributed by atoms with E-state index >= 15 is 0 Å². The fourth-order valence-corrected chi connectivity index (χ4v) is 5.72. The van der Waals surface area contributed by atoms with Crippen LogP contribution in [0.1, 0.15) is 48.7 Å². The van der Waals surface area contributed by atoms with Crippen molar-refractivity contribution < 1.29 is 28.2 Å². The number of ether oxygens (including phenoxy) is 1. The number of fused-ring (bicyclic) bond motifs is 2. The number of aliphatic hydroxyl groups is 1. The number of carbonyl (C=O) groups is 2. The van der Waals surface area contributed by atoms with E-state index in [-0.39, 0.29) is 30.3 Å². The molecule has 10 heteroatoms. The van der Waals surface area contributed by atoms with Crippen LogP contribution in [-0.2, 0) is 16.1 Å². The number of amides is 2. The minimum atomic E-state index is -0.978. The summed E-state index contributed by atoms with van der Waals surface area (Å²) >= 11 is 0. The van der Waals surface area contributed by atoms with Crippen LogP contribution in [0.4, 0.5) is 8.78 Å². The van der Waals surface area contributed by atoms with Crippen molar-refractivity contribution in [1.82, 2.24) is 20.6 Å². The molecule has 7 rings (SSSR count). The number of imidazole rings is 1. The highest BCUT2D eigenvalue weighted by molar-refractivity contribution is 5.89. The van der Waals surface area contributed by atoms with Crippen LogP contribution in [0.3, 0.4) is 0 Å². The third-order valence-electron chi connectivity index (χ3n) is 7.41. The summed E-state index contributed by atoms with van der Waals surface area (Å²) in [5, 5.41) is 16.3. The first-order valence-electron chi connectivity index (χ1n) is 11.5. The number of benzene rings is 2. The normalized spacial score (nSPS) is 28.3. The van der Waals surface area contributed by atoms with Crippen molar-refractivity contribution >= 4 is 22.8 Å². The number of H-pyrrole nitrogens is 1. The van der Waals surface area contributed by atoms with Gasteiger partial charge < -0.3 is 25.5 Å². The van der Waals surface area contributed by atoms with E-state index in [0.29, 0.717) is 41.9 Å². The summed E-state index contributed by atoms with van der Waals surface area (Å²) in [6.45, 7) is 2.03. The maximum atomic E-state index is 13.4. The zero-order valence-electron chi connectivity index (χ0n) is 19.0. The molecular weight excluding hydrogens is 458 g/mol. The molecule has 2 heterocycles. The average Bonchev–Trinajstić information content (AvgIpc) is 3.15. The summed E-state index contributed by atoms with van der Waals surface area (Å²) in [5.74, 6) is -1.46. The zero-order valence-corrected chi connectivity index (χ0v) is 19.0. The number of carbonyl (C=O) groups excluding carboxylic acids is 2. The first kappa shape index (κ1) is 22.0. The summed E-state index contributed by atoms with van der Waals surface area (Å²) in [6.07, 6.45) is 0.194. The van der Waals surface area contributed by atoms with Gasteiger partial charge in [-0.25, -0.2) is 13.8 Å².